The second kappa shape index (κ2) is 4.74. The number of thiazole rings is 1. The number of rotatable bonds is 2. The number of hydrogen-bond acceptors (Lipinski definition) is 4. The van der Waals surface area contributed by atoms with E-state index < -0.39 is 0 Å². The van der Waals surface area contributed by atoms with E-state index in [4.69, 9.17) is 5.73 Å². The van der Waals surface area contributed by atoms with Crippen molar-refractivity contribution in [3.63, 3.8) is 0 Å². The van der Waals surface area contributed by atoms with Crippen LogP contribution in [0, 0.1) is 0 Å². The van der Waals surface area contributed by atoms with Gasteiger partial charge in [0.25, 0.3) is 0 Å². The van der Waals surface area contributed by atoms with Crippen molar-refractivity contribution in [2.24, 2.45) is 0 Å². The Labute approximate surface area is 115 Å². The molecule has 3 N–H and O–H groups in total. The summed E-state index contributed by atoms with van der Waals surface area (Å²) in [5.74, 6) is 0.251. The lowest BCUT2D eigenvalue weighted by molar-refractivity contribution is 0.477. The topological polar surface area (TPSA) is 59.1 Å². The Morgan fingerprint density at radius 2 is 1.74 bits per heavy atom. The summed E-state index contributed by atoms with van der Waals surface area (Å²) in [7, 11) is 0. The maximum absolute atomic E-state index is 9.83. The molecule has 0 atom stereocenters. The molecule has 3 aromatic rings. The fraction of sp³-hybridized carbons (Fsp3) is 0. The number of benzene rings is 2. The molecule has 0 aliphatic rings. The number of nitrogen functional groups attached to an aromatic ring is 1. The number of phenols is 1. The van der Waals surface area contributed by atoms with Crippen LogP contribution >= 0.6 is 11.3 Å². The molecule has 3 nitrogen and oxygen atoms in total. The van der Waals surface area contributed by atoms with E-state index in [0.29, 0.717) is 0 Å². The van der Waals surface area contributed by atoms with Crippen molar-refractivity contribution in [1.82, 2.24) is 4.98 Å². The summed E-state index contributed by atoms with van der Waals surface area (Å²) in [5.41, 5.74) is 9.08. The molecule has 0 saturated carbocycles. The van der Waals surface area contributed by atoms with Crippen molar-refractivity contribution in [2.75, 3.05) is 5.73 Å². The number of hydrogen-bond donors (Lipinski definition) is 2. The lowest BCUT2D eigenvalue weighted by Crippen LogP contribution is -1.84. The van der Waals surface area contributed by atoms with E-state index in [1.807, 2.05) is 41.8 Å². The summed E-state index contributed by atoms with van der Waals surface area (Å²) in [6, 6.07) is 14.8. The first-order valence-electron chi connectivity index (χ1n) is 5.84. The second-order valence-electron chi connectivity index (χ2n) is 4.18. The molecule has 0 saturated heterocycles. The molecule has 4 heteroatoms. The van der Waals surface area contributed by atoms with E-state index in [1.54, 1.807) is 12.1 Å². The molecule has 0 unspecified atom stereocenters. The third kappa shape index (κ3) is 2.30. The summed E-state index contributed by atoms with van der Waals surface area (Å²) >= 11 is 1.51. The Morgan fingerprint density at radius 1 is 1.00 bits per heavy atom. The molecule has 0 amide bonds. The zero-order valence-electron chi connectivity index (χ0n) is 10.1. The SMILES string of the molecule is Nc1ccc(-c2csc(-c3ccccc3O)n2)cc1. The molecular weight excluding hydrogens is 256 g/mol. The number of phenolic OH excluding ortho intramolecular Hbond substituents is 1. The van der Waals surface area contributed by atoms with E-state index in [2.05, 4.69) is 4.98 Å². The monoisotopic (exact) mass is 268 g/mol. The number of nitrogens with two attached hydrogens (primary N) is 1. The Hall–Kier alpha value is -2.33. The van der Waals surface area contributed by atoms with Crippen LogP contribution in [0.3, 0.4) is 0 Å². The van der Waals surface area contributed by atoms with Crippen LogP contribution in [-0.2, 0) is 0 Å². The number of aromatic nitrogens is 1. The minimum atomic E-state index is 0.251. The van der Waals surface area contributed by atoms with Crippen LogP contribution in [0.1, 0.15) is 0 Å². The highest BCUT2D eigenvalue weighted by molar-refractivity contribution is 7.13. The summed E-state index contributed by atoms with van der Waals surface area (Å²) in [6.45, 7) is 0. The lowest BCUT2D eigenvalue weighted by atomic mass is 10.1. The molecule has 0 radical (unpaired) electrons. The lowest BCUT2D eigenvalue weighted by Gasteiger charge is -2.00. The number of nitrogens with zero attached hydrogens (tertiary/aromatic N) is 1. The molecule has 0 aliphatic heterocycles. The van der Waals surface area contributed by atoms with Gasteiger partial charge in [-0.15, -0.1) is 11.3 Å². The van der Waals surface area contributed by atoms with Crippen molar-refractivity contribution in [1.29, 1.82) is 0 Å². The summed E-state index contributed by atoms with van der Waals surface area (Å²) in [6.07, 6.45) is 0. The van der Waals surface area contributed by atoms with Gasteiger partial charge in [0.05, 0.1) is 11.3 Å². The van der Waals surface area contributed by atoms with Crippen molar-refractivity contribution in [3.05, 3.63) is 53.9 Å². The Morgan fingerprint density at radius 3 is 2.47 bits per heavy atom. The molecule has 1 heterocycles. The molecule has 0 fully saturated rings. The minimum Gasteiger partial charge on any atom is -0.507 e. The first-order valence-corrected chi connectivity index (χ1v) is 6.72. The van der Waals surface area contributed by atoms with E-state index >= 15 is 0 Å². The zero-order valence-corrected chi connectivity index (χ0v) is 10.9. The Balaban J connectivity index is 2.00. The van der Waals surface area contributed by atoms with Gasteiger partial charge in [0.1, 0.15) is 10.8 Å². The highest BCUT2D eigenvalue weighted by Gasteiger charge is 2.09. The summed E-state index contributed by atoms with van der Waals surface area (Å²) in [5, 5.41) is 12.6. The minimum absolute atomic E-state index is 0.251. The third-order valence-electron chi connectivity index (χ3n) is 2.85. The van der Waals surface area contributed by atoms with Crippen LogP contribution in [0.15, 0.2) is 53.9 Å². The van der Waals surface area contributed by atoms with E-state index in [1.165, 1.54) is 11.3 Å². The van der Waals surface area contributed by atoms with Gasteiger partial charge in [0.15, 0.2) is 0 Å². The van der Waals surface area contributed by atoms with E-state index in [9.17, 15) is 5.11 Å². The smallest absolute Gasteiger partial charge is 0.127 e. The largest absolute Gasteiger partial charge is 0.507 e. The molecule has 19 heavy (non-hydrogen) atoms. The number of aromatic hydroxyl groups is 1. The van der Waals surface area contributed by atoms with Gasteiger partial charge in [0, 0.05) is 16.6 Å². The van der Waals surface area contributed by atoms with Crippen LogP contribution in [0.4, 0.5) is 5.69 Å². The third-order valence-corrected chi connectivity index (χ3v) is 3.72. The van der Waals surface area contributed by atoms with Gasteiger partial charge >= 0.3 is 0 Å². The Bertz CT molecular complexity index is 704. The summed E-state index contributed by atoms with van der Waals surface area (Å²) in [4.78, 5) is 4.56. The van der Waals surface area contributed by atoms with Gasteiger partial charge in [-0.3, -0.25) is 0 Å². The Kier molecular flexibility index (Phi) is 2.93. The van der Waals surface area contributed by atoms with Crippen molar-refractivity contribution >= 4 is 17.0 Å². The fourth-order valence-electron chi connectivity index (χ4n) is 1.84. The van der Waals surface area contributed by atoms with Gasteiger partial charge < -0.3 is 10.8 Å². The number of anilines is 1. The quantitative estimate of drug-likeness (QED) is 0.696. The van der Waals surface area contributed by atoms with Gasteiger partial charge in [-0.1, -0.05) is 24.3 Å². The van der Waals surface area contributed by atoms with Crippen molar-refractivity contribution < 1.29 is 5.11 Å². The average Bonchev–Trinajstić information content (AvgIpc) is 2.89. The van der Waals surface area contributed by atoms with Crippen LogP contribution in [0.25, 0.3) is 21.8 Å². The van der Waals surface area contributed by atoms with Crippen molar-refractivity contribution in [2.45, 2.75) is 0 Å². The maximum Gasteiger partial charge on any atom is 0.127 e. The van der Waals surface area contributed by atoms with E-state index in [-0.39, 0.29) is 5.75 Å². The first-order chi connectivity index (χ1) is 9.24. The normalized spacial score (nSPS) is 10.5. The van der Waals surface area contributed by atoms with Crippen LogP contribution in [0.5, 0.6) is 5.75 Å². The molecule has 3 rings (SSSR count). The zero-order chi connectivity index (χ0) is 13.2. The van der Waals surface area contributed by atoms with E-state index in [0.717, 1.165) is 27.5 Å². The number of para-hydroxylation sites is 1. The van der Waals surface area contributed by atoms with Gasteiger partial charge in [-0.25, -0.2) is 4.98 Å². The average molecular weight is 268 g/mol. The summed E-state index contributed by atoms with van der Waals surface area (Å²) < 4.78 is 0. The molecule has 0 spiro atoms. The highest BCUT2D eigenvalue weighted by Crippen LogP contribution is 2.33. The van der Waals surface area contributed by atoms with Gasteiger partial charge in [-0.2, -0.15) is 0 Å². The van der Waals surface area contributed by atoms with Crippen LogP contribution < -0.4 is 5.73 Å². The molecule has 0 bridgehead atoms. The van der Waals surface area contributed by atoms with Crippen LogP contribution in [-0.4, -0.2) is 10.1 Å². The second-order valence-corrected chi connectivity index (χ2v) is 5.04. The predicted molar refractivity (Wildman–Crippen MR) is 79.1 cm³/mol. The first kappa shape index (κ1) is 11.7. The fourth-order valence-corrected chi connectivity index (χ4v) is 2.70. The van der Waals surface area contributed by atoms with Gasteiger partial charge in [0.2, 0.25) is 0 Å². The van der Waals surface area contributed by atoms with Crippen molar-refractivity contribution in [3.8, 4) is 27.6 Å². The van der Waals surface area contributed by atoms with Crippen LogP contribution in [0.2, 0.25) is 0 Å². The standard InChI is InChI=1S/C15H12N2OS/c16-11-7-5-10(6-8-11)13-9-19-15(17-13)12-3-1-2-4-14(12)18/h1-9,18H,16H2. The molecule has 0 aliphatic carbocycles. The molecule has 1 aromatic heterocycles. The maximum atomic E-state index is 9.83. The highest BCUT2D eigenvalue weighted by atomic mass is 32.1. The predicted octanol–water partition coefficient (Wildman–Crippen LogP) is 3.76. The molecule has 2 aromatic carbocycles. The molecule has 94 valence electrons. The van der Waals surface area contributed by atoms with Gasteiger partial charge in [-0.05, 0) is 24.3 Å². The molecular formula is C15H12N2OS.